The van der Waals surface area contributed by atoms with Gasteiger partial charge in [-0.2, -0.15) is 0 Å². The zero-order valence-corrected chi connectivity index (χ0v) is 11.1. The third kappa shape index (κ3) is 9.08. The summed E-state index contributed by atoms with van der Waals surface area (Å²) in [6.07, 6.45) is 0.918. The maximum Gasteiger partial charge on any atom is 0.304 e. The van der Waals surface area contributed by atoms with E-state index >= 15 is 0 Å². The molecule has 0 radical (unpaired) electrons. The summed E-state index contributed by atoms with van der Waals surface area (Å²) in [5, 5.41) is 17.1. The summed E-state index contributed by atoms with van der Waals surface area (Å²) in [5.74, 6) is -1.53. The molecule has 0 unspecified atom stereocenters. The number of sulfonamides is 1. The molecule has 0 rings (SSSR count). The van der Waals surface area contributed by atoms with Crippen molar-refractivity contribution in [1.29, 1.82) is 0 Å². The summed E-state index contributed by atoms with van der Waals surface area (Å²) in [6, 6.07) is 0. The Balaban J connectivity index is 4.12. The number of aliphatic hydroxyl groups excluding tert-OH is 1. The molecule has 0 saturated heterocycles. The normalized spacial score (nSPS) is 12.6. The zero-order valence-electron chi connectivity index (χ0n) is 10.3. The summed E-state index contributed by atoms with van der Waals surface area (Å²) in [7, 11) is -3.53. The van der Waals surface area contributed by atoms with Gasteiger partial charge in [-0.25, -0.2) is 13.1 Å². The molecule has 7 heteroatoms. The topological polar surface area (TPSA) is 104 Å². The molecule has 0 aromatic carbocycles. The van der Waals surface area contributed by atoms with Crippen molar-refractivity contribution >= 4 is 16.0 Å². The first-order valence-corrected chi connectivity index (χ1v) is 7.14. The molecule has 6 nitrogen and oxygen atoms in total. The van der Waals surface area contributed by atoms with Crippen LogP contribution in [0.4, 0.5) is 0 Å². The number of aliphatic hydroxyl groups is 1. The van der Waals surface area contributed by atoms with Crippen LogP contribution in [0.1, 0.15) is 33.1 Å². The highest BCUT2D eigenvalue weighted by Gasteiger charge is 2.21. The minimum Gasteiger partial charge on any atom is -0.481 e. The zero-order chi connectivity index (χ0) is 13.5. The number of hydrogen-bond acceptors (Lipinski definition) is 4. The average Bonchev–Trinajstić information content (AvgIpc) is 2.22. The van der Waals surface area contributed by atoms with Crippen LogP contribution in [-0.4, -0.2) is 43.5 Å². The first-order chi connectivity index (χ1) is 7.68. The van der Waals surface area contributed by atoms with Crippen LogP contribution < -0.4 is 4.72 Å². The Kier molecular flexibility index (Phi) is 6.66. The second-order valence-corrected chi connectivity index (χ2v) is 6.70. The van der Waals surface area contributed by atoms with Crippen LogP contribution in [0.25, 0.3) is 0 Å². The number of carboxylic acid groups (broad SMARTS) is 1. The quantitative estimate of drug-likeness (QED) is 0.553. The smallest absolute Gasteiger partial charge is 0.304 e. The molecule has 102 valence electrons. The van der Waals surface area contributed by atoms with E-state index in [1.165, 1.54) is 0 Å². The van der Waals surface area contributed by atoms with E-state index in [9.17, 15) is 13.2 Å². The monoisotopic (exact) mass is 267 g/mol. The highest BCUT2D eigenvalue weighted by atomic mass is 32.2. The summed E-state index contributed by atoms with van der Waals surface area (Å²) < 4.78 is 25.3. The second kappa shape index (κ2) is 6.93. The van der Waals surface area contributed by atoms with E-state index in [0.29, 0.717) is 12.8 Å². The SMILES string of the molecule is CC(C)(CCCO)CNS(=O)(=O)CCC(=O)O. The highest BCUT2D eigenvalue weighted by Crippen LogP contribution is 2.21. The number of aliphatic carboxylic acids is 1. The van der Waals surface area contributed by atoms with Gasteiger partial charge < -0.3 is 10.2 Å². The van der Waals surface area contributed by atoms with E-state index in [4.69, 9.17) is 10.2 Å². The molecule has 0 aliphatic rings. The van der Waals surface area contributed by atoms with Crippen LogP contribution in [0.15, 0.2) is 0 Å². The Hall–Kier alpha value is -0.660. The van der Waals surface area contributed by atoms with Gasteiger partial charge in [0.05, 0.1) is 12.2 Å². The van der Waals surface area contributed by atoms with E-state index in [1.807, 2.05) is 13.8 Å². The molecule has 0 bridgehead atoms. The molecule has 0 aromatic heterocycles. The van der Waals surface area contributed by atoms with Crippen molar-refractivity contribution < 1.29 is 23.4 Å². The summed E-state index contributed by atoms with van der Waals surface area (Å²) in [4.78, 5) is 10.3. The molecule has 0 aromatic rings. The molecule has 0 heterocycles. The molecule has 0 spiro atoms. The van der Waals surface area contributed by atoms with Crippen LogP contribution in [-0.2, 0) is 14.8 Å². The fraction of sp³-hybridized carbons (Fsp3) is 0.900. The lowest BCUT2D eigenvalue weighted by atomic mass is 9.88. The Morgan fingerprint density at radius 1 is 1.35 bits per heavy atom. The van der Waals surface area contributed by atoms with Gasteiger partial charge in [0, 0.05) is 13.2 Å². The van der Waals surface area contributed by atoms with Gasteiger partial charge in [-0.1, -0.05) is 13.8 Å². The Labute approximate surface area is 102 Å². The Morgan fingerprint density at radius 3 is 2.41 bits per heavy atom. The van der Waals surface area contributed by atoms with Gasteiger partial charge in [-0.15, -0.1) is 0 Å². The van der Waals surface area contributed by atoms with E-state index in [2.05, 4.69) is 4.72 Å². The predicted molar refractivity (Wildman–Crippen MR) is 64.1 cm³/mol. The predicted octanol–water partition coefficient (Wildman–Crippen LogP) is 0.179. The summed E-state index contributed by atoms with van der Waals surface area (Å²) >= 11 is 0. The molecule has 0 aliphatic carbocycles. The van der Waals surface area contributed by atoms with E-state index < -0.39 is 28.2 Å². The Bertz CT molecular complexity index is 337. The van der Waals surface area contributed by atoms with E-state index in [-0.39, 0.29) is 18.6 Å². The Morgan fingerprint density at radius 2 is 1.94 bits per heavy atom. The third-order valence-corrected chi connectivity index (χ3v) is 3.69. The first kappa shape index (κ1) is 16.3. The van der Waals surface area contributed by atoms with Crippen LogP contribution >= 0.6 is 0 Å². The van der Waals surface area contributed by atoms with Crippen molar-refractivity contribution in [3.05, 3.63) is 0 Å². The standard InChI is InChI=1S/C10H21NO5S/c1-10(2,5-3-6-12)8-11-17(15,16)7-4-9(13)14/h11-12H,3-8H2,1-2H3,(H,13,14). The molecule has 0 fully saturated rings. The number of carboxylic acids is 1. The number of rotatable bonds is 9. The molecule has 0 amide bonds. The lowest BCUT2D eigenvalue weighted by Gasteiger charge is -2.24. The number of hydrogen-bond donors (Lipinski definition) is 3. The fourth-order valence-electron chi connectivity index (χ4n) is 1.25. The van der Waals surface area contributed by atoms with Crippen molar-refractivity contribution in [2.75, 3.05) is 18.9 Å². The van der Waals surface area contributed by atoms with Gasteiger partial charge >= 0.3 is 5.97 Å². The van der Waals surface area contributed by atoms with E-state index in [1.54, 1.807) is 0 Å². The highest BCUT2D eigenvalue weighted by molar-refractivity contribution is 7.89. The summed E-state index contributed by atoms with van der Waals surface area (Å²) in [6.45, 7) is 4.11. The third-order valence-electron chi connectivity index (χ3n) is 2.37. The lowest BCUT2D eigenvalue weighted by Crippen LogP contribution is -2.36. The van der Waals surface area contributed by atoms with Crippen molar-refractivity contribution in [2.45, 2.75) is 33.1 Å². The van der Waals surface area contributed by atoms with Crippen LogP contribution in [0.5, 0.6) is 0 Å². The van der Waals surface area contributed by atoms with Crippen molar-refractivity contribution in [1.82, 2.24) is 4.72 Å². The van der Waals surface area contributed by atoms with Crippen LogP contribution in [0.2, 0.25) is 0 Å². The van der Waals surface area contributed by atoms with E-state index in [0.717, 1.165) is 0 Å². The van der Waals surface area contributed by atoms with Gasteiger partial charge in [0.15, 0.2) is 0 Å². The molecular formula is C10H21NO5S. The largest absolute Gasteiger partial charge is 0.481 e. The van der Waals surface area contributed by atoms with Gasteiger partial charge in [0.1, 0.15) is 0 Å². The molecule has 17 heavy (non-hydrogen) atoms. The molecule has 0 atom stereocenters. The second-order valence-electron chi connectivity index (χ2n) is 4.78. The van der Waals surface area contributed by atoms with Gasteiger partial charge in [0.25, 0.3) is 0 Å². The number of carbonyl (C=O) groups is 1. The minimum absolute atomic E-state index is 0.0786. The first-order valence-electron chi connectivity index (χ1n) is 5.48. The van der Waals surface area contributed by atoms with Gasteiger partial charge in [-0.3, -0.25) is 4.79 Å². The van der Waals surface area contributed by atoms with Crippen molar-refractivity contribution in [3.63, 3.8) is 0 Å². The van der Waals surface area contributed by atoms with Crippen molar-refractivity contribution in [2.24, 2.45) is 5.41 Å². The average molecular weight is 267 g/mol. The maximum absolute atomic E-state index is 11.4. The van der Waals surface area contributed by atoms with Crippen LogP contribution in [0.3, 0.4) is 0 Å². The number of nitrogens with one attached hydrogen (secondary N) is 1. The molecular weight excluding hydrogens is 246 g/mol. The maximum atomic E-state index is 11.4. The minimum atomic E-state index is -3.53. The van der Waals surface area contributed by atoms with Crippen LogP contribution in [0, 0.1) is 5.41 Å². The lowest BCUT2D eigenvalue weighted by molar-refractivity contribution is -0.136. The molecule has 0 saturated carbocycles. The van der Waals surface area contributed by atoms with Gasteiger partial charge in [0.2, 0.25) is 10.0 Å². The molecule has 3 N–H and O–H groups in total. The fourth-order valence-corrected chi connectivity index (χ4v) is 2.44. The summed E-state index contributed by atoms with van der Waals surface area (Å²) in [5.41, 5.74) is -0.251. The van der Waals surface area contributed by atoms with Crippen molar-refractivity contribution in [3.8, 4) is 0 Å². The molecule has 0 aliphatic heterocycles. The van der Waals surface area contributed by atoms with Gasteiger partial charge in [-0.05, 0) is 18.3 Å².